The quantitative estimate of drug-likeness (QED) is 0.751. The lowest BCUT2D eigenvalue weighted by atomic mass is 9.81. The van der Waals surface area contributed by atoms with E-state index in [9.17, 15) is 0 Å². The molecule has 0 amide bonds. The first-order chi connectivity index (χ1) is 8.28. The van der Waals surface area contributed by atoms with E-state index < -0.39 is 0 Å². The molecule has 4 nitrogen and oxygen atoms in total. The van der Waals surface area contributed by atoms with E-state index in [0.717, 1.165) is 58.7 Å². The van der Waals surface area contributed by atoms with E-state index in [1.807, 2.05) is 0 Å². The van der Waals surface area contributed by atoms with Crippen molar-refractivity contribution < 1.29 is 9.84 Å². The number of piperidine rings is 1. The maximum atomic E-state index is 9.14. The summed E-state index contributed by atoms with van der Waals surface area (Å²) in [5.74, 6) is 0.516. The molecule has 0 aromatic heterocycles. The molecule has 2 fully saturated rings. The van der Waals surface area contributed by atoms with Gasteiger partial charge in [-0.3, -0.25) is 0 Å². The van der Waals surface area contributed by atoms with Crippen LogP contribution in [-0.4, -0.2) is 56.0 Å². The van der Waals surface area contributed by atoms with Crippen molar-refractivity contribution in [2.75, 3.05) is 46.0 Å². The molecule has 1 unspecified atom stereocenters. The number of nitrogens with zero attached hydrogens (tertiary/aromatic N) is 1. The second-order valence-corrected chi connectivity index (χ2v) is 5.76. The van der Waals surface area contributed by atoms with Crippen molar-refractivity contribution in [2.45, 2.75) is 25.7 Å². The van der Waals surface area contributed by atoms with Crippen molar-refractivity contribution >= 4 is 0 Å². The fourth-order valence-corrected chi connectivity index (χ4v) is 3.06. The molecule has 0 saturated carbocycles. The fourth-order valence-electron chi connectivity index (χ4n) is 3.06. The molecule has 2 aliphatic heterocycles. The predicted octanol–water partition coefficient (Wildman–Crippen LogP) is 0.446. The molecule has 2 rings (SSSR count). The zero-order chi connectivity index (χ0) is 12.1. The van der Waals surface area contributed by atoms with Gasteiger partial charge in [0.25, 0.3) is 0 Å². The first-order valence-corrected chi connectivity index (χ1v) is 6.89. The van der Waals surface area contributed by atoms with Crippen molar-refractivity contribution in [3.8, 4) is 0 Å². The van der Waals surface area contributed by atoms with Gasteiger partial charge in [0.2, 0.25) is 0 Å². The standard InChI is InChI=1S/C13H26N2O2/c14-9-13(4-1-7-17-11-13)10-15-5-2-12(8-16)3-6-15/h12,16H,1-11,14H2. The minimum atomic E-state index is 0.185. The van der Waals surface area contributed by atoms with E-state index in [4.69, 9.17) is 15.6 Å². The molecule has 0 spiro atoms. The van der Waals surface area contributed by atoms with Gasteiger partial charge in [0.1, 0.15) is 0 Å². The van der Waals surface area contributed by atoms with Crippen LogP contribution in [0.5, 0.6) is 0 Å². The highest BCUT2D eigenvalue weighted by Crippen LogP contribution is 2.30. The van der Waals surface area contributed by atoms with Crippen LogP contribution in [0, 0.1) is 11.3 Å². The van der Waals surface area contributed by atoms with Gasteiger partial charge < -0.3 is 20.5 Å². The molecule has 0 radical (unpaired) electrons. The molecule has 0 aromatic carbocycles. The SMILES string of the molecule is NCC1(CN2CCC(CO)CC2)CCCOC1. The maximum Gasteiger partial charge on any atom is 0.0546 e. The Morgan fingerprint density at radius 1 is 1.35 bits per heavy atom. The average Bonchev–Trinajstić information content (AvgIpc) is 2.41. The van der Waals surface area contributed by atoms with E-state index >= 15 is 0 Å². The summed E-state index contributed by atoms with van der Waals surface area (Å²) >= 11 is 0. The van der Waals surface area contributed by atoms with Crippen LogP contribution in [0.15, 0.2) is 0 Å². The van der Waals surface area contributed by atoms with Gasteiger partial charge in [-0.05, 0) is 44.7 Å². The molecule has 1 atom stereocenters. The second kappa shape index (κ2) is 6.14. The van der Waals surface area contributed by atoms with E-state index in [1.54, 1.807) is 0 Å². The van der Waals surface area contributed by atoms with Gasteiger partial charge >= 0.3 is 0 Å². The second-order valence-electron chi connectivity index (χ2n) is 5.76. The number of aliphatic hydroxyl groups is 1. The molecule has 0 bridgehead atoms. The summed E-state index contributed by atoms with van der Waals surface area (Å²) in [6.07, 6.45) is 4.59. The third kappa shape index (κ3) is 3.41. The number of rotatable bonds is 4. The fraction of sp³-hybridized carbons (Fsp3) is 1.00. The summed E-state index contributed by atoms with van der Waals surface area (Å²) in [6.45, 7) is 6.07. The van der Waals surface area contributed by atoms with E-state index in [0.29, 0.717) is 12.5 Å². The summed E-state index contributed by atoms with van der Waals surface area (Å²) in [5, 5.41) is 9.14. The van der Waals surface area contributed by atoms with E-state index in [-0.39, 0.29) is 5.41 Å². The molecule has 4 heteroatoms. The summed E-state index contributed by atoms with van der Waals surface area (Å²) in [5.41, 5.74) is 6.15. The Balaban J connectivity index is 1.82. The maximum absolute atomic E-state index is 9.14. The molecule has 17 heavy (non-hydrogen) atoms. The van der Waals surface area contributed by atoms with Gasteiger partial charge in [-0.25, -0.2) is 0 Å². The summed E-state index contributed by atoms with van der Waals surface area (Å²) in [4.78, 5) is 2.51. The molecule has 2 heterocycles. The number of likely N-dealkylation sites (tertiary alicyclic amines) is 1. The smallest absolute Gasteiger partial charge is 0.0546 e. The Kier molecular flexibility index (Phi) is 4.79. The van der Waals surface area contributed by atoms with Crippen LogP contribution in [0.4, 0.5) is 0 Å². The molecule has 3 N–H and O–H groups in total. The molecule has 0 aliphatic carbocycles. The Morgan fingerprint density at radius 3 is 2.65 bits per heavy atom. The van der Waals surface area contributed by atoms with Gasteiger partial charge in [-0.1, -0.05) is 0 Å². The Labute approximate surface area is 104 Å². The normalized spacial score (nSPS) is 32.8. The van der Waals surface area contributed by atoms with Crippen molar-refractivity contribution in [2.24, 2.45) is 17.1 Å². The lowest BCUT2D eigenvalue weighted by Crippen LogP contribution is -2.49. The summed E-state index contributed by atoms with van der Waals surface area (Å²) in [6, 6.07) is 0. The first kappa shape index (κ1) is 13.3. The van der Waals surface area contributed by atoms with Crippen LogP contribution < -0.4 is 5.73 Å². The third-order valence-electron chi connectivity index (χ3n) is 4.36. The van der Waals surface area contributed by atoms with E-state index in [2.05, 4.69) is 4.90 Å². The van der Waals surface area contributed by atoms with Crippen molar-refractivity contribution in [3.05, 3.63) is 0 Å². The molecule has 2 saturated heterocycles. The molecule has 0 aromatic rings. The van der Waals surface area contributed by atoms with Crippen molar-refractivity contribution in [3.63, 3.8) is 0 Å². The third-order valence-corrected chi connectivity index (χ3v) is 4.36. The number of aliphatic hydroxyl groups excluding tert-OH is 1. The van der Waals surface area contributed by atoms with Gasteiger partial charge in [0, 0.05) is 31.7 Å². The molecular weight excluding hydrogens is 216 g/mol. The zero-order valence-electron chi connectivity index (χ0n) is 10.7. The topological polar surface area (TPSA) is 58.7 Å². The van der Waals surface area contributed by atoms with Crippen molar-refractivity contribution in [1.29, 1.82) is 0 Å². The highest BCUT2D eigenvalue weighted by molar-refractivity contribution is 4.87. The number of nitrogens with two attached hydrogens (primary N) is 1. The predicted molar refractivity (Wildman–Crippen MR) is 67.8 cm³/mol. The summed E-state index contributed by atoms with van der Waals surface area (Å²) < 4.78 is 5.61. The van der Waals surface area contributed by atoms with E-state index in [1.165, 1.54) is 6.42 Å². The highest BCUT2D eigenvalue weighted by atomic mass is 16.5. The molecule has 100 valence electrons. The Morgan fingerprint density at radius 2 is 2.12 bits per heavy atom. The number of hydrogen-bond donors (Lipinski definition) is 2. The van der Waals surface area contributed by atoms with Gasteiger partial charge in [-0.15, -0.1) is 0 Å². The minimum Gasteiger partial charge on any atom is -0.396 e. The molecular formula is C13H26N2O2. The lowest BCUT2D eigenvalue weighted by Gasteiger charge is -2.42. The van der Waals surface area contributed by atoms with Gasteiger partial charge in [-0.2, -0.15) is 0 Å². The van der Waals surface area contributed by atoms with Gasteiger partial charge in [0.15, 0.2) is 0 Å². The molecule has 2 aliphatic rings. The minimum absolute atomic E-state index is 0.185. The van der Waals surface area contributed by atoms with Crippen LogP contribution >= 0.6 is 0 Å². The number of ether oxygens (including phenoxy) is 1. The van der Waals surface area contributed by atoms with Crippen molar-refractivity contribution in [1.82, 2.24) is 4.90 Å². The van der Waals surface area contributed by atoms with Crippen LogP contribution in [-0.2, 0) is 4.74 Å². The summed E-state index contributed by atoms with van der Waals surface area (Å²) in [7, 11) is 0. The average molecular weight is 242 g/mol. The van der Waals surface area contributed by atoms with Crippen LogP contribution in [0.2, 0.25) is 0 Å². The Hall–Kier alpha value is -0.160. The Bertz CT molecular complexity index is 221. The number of hydrogen-bond acceptors (Lipinski definition) is 4. The zero-order valence-corrected chi connectivity index (χ0v) is 10.7. The van der Waals surface area contributed by atoms with Crippen LogP contribution in [0.3, 0.4) is 0 Å². The first-order valence-electron chi connectivity index (χ1n) is 6.89. The highest BCUT2D eigenvalue weighted by Gasteiger charge is 2.34. The van der Waals surface area contributed by atoms with Crippen LogP contribution in [0.25, 0.3) is 0 Å². The largest absolute Gasteiger partial charge is 0.396 e. The van der Waals surface area contributed by atoms with Crippen LogP contribution in [0.1, 0.15) is 25.7 Å². The van der Waals surface area contributed by atoms with Gasteiger partial charge in [0.05, 0.1) is 6.61 Å². The lowest BCUT2D eigenvalue weighted by molar-refractivity contribution is -0.0277. The monoisotopic (exact) mass is 242 g/mol.